The van der Waals surface area contributed by atoms with Crippen molar-refractivity contribution in [2.24, 2.45) is 0 Å². The lowest BCUT2D eigenvalue weighted by atomic mass is 10.1. The van der Waals surface area contributed by atoms with E-state index in [4.69, 9.17) is 9.47 Å². The first kappa shape index (κ1) is 15.4. The molecule has 20 heavy (non-hydrogen) atoms. The average Bonchev–Trinajstić information content (AvgIpc) is 2.45. The fraction of sp³-hybridized carbons (Fsp3) is 0.625. The lowest BCUT2D eigenvalue weighted by molar-refractivity contribution is -0.0702. The lowest BCUT2D eigenvalue weighted by Crippen LogP contribution is -2.33. The minimum absolute atomic E-state index is 0.155. The molecule has 1 aliphatic rings. The largest absolute Gasteiger partial charge is 0.381 e. The van der Waals surface area contributed by atoms with Gasteiger partial charge in [-0.15, -0.1) is 0 Å². The maximum absolute atomic E-state index is 14.0. The molecule has 4 heteroatoms. The van der Waals surface area contributed by atoms with Crippen molar-refractivity contribution in [2.45, 2.75) is 44.9 Å². The molecule has 112 valence electrons. The molecule has 0 bridgehead atoms. The highest BCUT2D eigenvalue weighted by Gasteiger charge is 2.22. The van der Waals surface area contributed by atoms with E-state index in [0.717, 1.165) is 26.1 Å². The number of halogens is 1. The Morgan fingerprint density at radius 3 is 2.65 bits per heavy atom. The molecule has 1 aromatic rings. The second kappa shape index (κ2) is 7.72. The molecule has 1 aliphatic heterocycles. The van der Waals surface area contributed by atoms with Gasteiger partial charge in [0.2, 0.25) is 0 Å². The quantitative estimate of drug-likeness (QED) is 0.869. The molecule has 1 heterocycles. The Balaban J connectivity index is 2.05. The third kappa shape index (κ3) is 4.54. The van der Waals surface area contributed by atoms with E-state index in [-0.39, 0.29) is 18.0 Å². The van der Waals surface area contributed by atoms with Gasteiger partial charge in [0, 0.05) is 31.4 Å². The molecule has 0 amide bonds. The Kier molecular flexibility index (Phi) is 5.95. The van der Waals surface area contributed by atoms with Crippen LogP contribution in [0.5, 0.6) is 0 Å². The number of benzene rings is 1. The fourth-order valence-electron chi connectivity index (χ4n) is 2.35. The molecule has 1 fully saturated rings. The predicted molar refractivity (Wildman–Crippen MR) is 77.2 cm³/mol. The Morgan fingerprint density at radius 2 is 2.00 bits per heavy atom. The van der Waals surface area contributed by atoms with Crippen LogP contribution < -0.4 is 5.32 Å². The van der Waals surface area contributed by atoms with Gasteiger partial charge in [-0.05, 0) is 18.9 Å². The van der Waals surface area contributed by atoms with Crippen LogP contribution in [0.1, 0.15) is 38.4 Å². The van der Waals surface area contributed by atoms with Gasteiger partial charge in [0.15, 0.2) is 0 Å². The van der Waals surface area contributed by atoms with Crippen LogP contribution in [-0.2, 0) is 9.47 Å². The van der Waals surface area contributed by atoms with Gasteiger partial charge >= 0.3 is 0 Å². The van der Waals surface area contributed by atoms with Gasteiger partial charge in [-0.3, -0.25) is 0 Å². The normalized spacial score (nSPS) is 18.4. The summed E-state index contributed by atoms with van der Waals surface area (Å²) in [5.74, 6) is -0.199. The highest BCUT2D eigenvalue weighted by Crippen LogP contribution is 2.25. The molecule has 0 aliphatic carbocycles. The first-order valence-corrected chi connectivity index (χ1v) is 7.38. The fourth-order valence-corrected chi connectivity index (χ4v) is 2.35. The van der Waals surface area contributed by atoms with Crippen molar-refractivity contribution in [2.75, 3.05) is 19.8 Å². The molecule has 0 spiro atoms. The van der Waals surface area contributed by atoms with Gasteiger partial charge in [-0.1, -0.05) is 32.0 Å². The van der Waals surface area contributed by atoms with Crippen LogP contribution in [0.25, 0.3) is 0 Å². The van der Waals surface area contributed by atoms with E-state index in [1.165, 1.54) is 6.07 Å². The predicted octanol–water partition coefficient (Wildman–Crippen LogP) is 3.06. The molecule has 3 nitrogen and oxygen atoms in total. The van der Waals surface area contributed by atoms with E-state index in [0.29, 0.717) is 18.2 Å². The summed E-state index contributed by atoms with van der Waals surface area (Å²) >= 11 is 0. The van der Waals surface area contributed by atoms with Gasteiger partial charge in [0.1, 0.15) is 5.82 Å². The monoisotopic (exact) mass is 281 g/mol. The van der Waals surface area contributed by atoms with Crippen molar-refractivity contribution in [3.8, 4) is 0 Å². The Labute approximate surface area is 120 Å². The van der Waals surface area contributed by atoms with Crippen LogP contribution >= 0.6 is 0 Å². The summed E-state index contributed by atoms with van der Waals surface area (Å²) in [6, 6.07) is 7.21. The second-order valence-electron chi connectivity index (χ2n) is 5.52. The zero-order valence-electron chi connectivity index (χ0n) is 12.3. The molecule has 1 unspecified atom stereocenters. The average molecular weight is 281 g/mol. The summed E-state index contributed by atoms with van der Waals surface area (Å²) in [6.45, 7) is 6.23. The minimum atomic E-state index is -0.248. The van der Waals surface area contributed by atoms with Crippen molar-refractivity contribution in [3.05, 3.63) is 35.6 Å². The van der Waals surface area contributed by atoms with Crippen LogP contribution in [-0.4, -0.2) is 31.9 Å². The van der Waals surface area contributed by atoms with Crippen LogP contribution in [0.4, 0.5) is 4.39 Å². The van der Waals surface area contributed by atoms with Gasteiger partial charge in [0.05, 0.1) is 12.2 Å². The van der Waals surface area contributed by atoms with Crippen molar-refractivity contribution < 1.29 is 13.9 Å². The standard InChI is InChI=1S/C16H24FNO2/c1-12(2)18-11-16(14-5-3-4-6-15(14)17)20-13-7-9-19-10-8-13/h3-6,12-13,16,18H,7-11H2,1-2H3. The van der Waals surface area contributed by atoms with Crippen LogP contribution in [0.3, 0.4) is 0 Å². The maximum Gasteiger partial charge on any atom is 0.129 e. The van der Waals surface area contributed by atoms with Crippen LogP contribution in [0, 0.1) is 5.82 Å². The first-order valence-electron chi connectivity index (χ1n) is 7.38. The molecule has 1 aromatic carbocycles. The SMILES string of the molecule is CC(C)NCC(OC1CCOCC1)c1ccccc1F. The Bertz CT molecular complexity index is 405. The summed E-state index contributed by atoms with van der Waals surface area (Å²) in [7, 11) is 0. The topological polar surface area (TPSA) is 30.5 Å². The summed E-state index contributed by atoms with van der Waals surface area (Å²) in [6.07, 6.45) is 1.67. The van der Waals surface area contributed by atoms with Gasteiger partial charge in [-0.2, -0.15) is 0 Å². The van der Waals surface area contributed by atoms with E-state index in [2.05, 4.69) is 19.2 Å². The highest BCUT2D eigenvalue weighted by molar-refractivity contribution is 5.20. The molecule has 1 atom stereocenters. The van der Waals surface area contributed by atoms with Crippen LogP contribution in [0.2, 0.25) is 0 Å². The van der Waals surface area contributed by atoms with E-state index < -0.39 is 0 Å². The zero-order valence-corrected chi connectivity index (χ0v) is 12.3. The maximum atomic E-state index is 14.0. The van der Waals surface area contributed by atoms with E-state index in [1.807, 2.05) is 6.07 Å². The third-order valence-corrected chi connectivity index (χ3v) is 3.49. The van der Waals surface area contributed by atoms with Crippen LogP contribution in [0.15, 0.2) is 24.3 Å². The Morgan fingerprint density at radius 1 is 1.30 bits per heavy atom. The van der Waals surface area contributed by atoms with Crippen molar-refractivity contribution in [1.82, 2.24) is 5.32 Å². The molecular weight excluding hydrogens is 257 g/mol. The Hall–Kier alpha value is -0.970. The van der Waals surface area contributed by atoms with Gasteiger partial charge in [0.25, 0.3) is 0 Å². The smallest absolute Gasteiger partial charge is 0.129 e. The molecule has 0 radical (unpaired) electrons. The lowest BCUT2D eigenvalue weighted by Gasteiger charge is -2.29. The first-order chi connectivity index (χ1) is 9.66. The van der Waals surface area contributed by atoms with Crippen molar-refractivity contribution in [1.29, 1.82) is 0 Å². The number of rotatable bonds is 6. The summed E-state index contributed by atoms with van der Waals surface area (Å²) in [5, 5.41) is 3.34. The van der Waals surface area contributed by atoms with E-state index in [1.54, 1.807) is 12.1 Å². The number of hydrogen-bond acceptors (Lipinski definition) is 3. The molecule has 0 saturated carbocycles. The number of nitrogens with one attached hydrogen (secondary N) is 1. The molecule has 1 saturated heterocycles. The number of hydrogen-bond donors (Lipinski definition) is 1. The minimum Gasteiger partial charge on any atom is -0.381 e. The summed E-state index contributed by atoms with van der Waals surface area (Å²) in [4.78, 5) is 0. The number of ether oxygens (including phenoxy) is 2. The van der Waals surface area contributed by atoms with E-state index in [9.17, 15) is 4.39 Å². The molecule has 0 aromatic heterocycles. The van der Waals surface area contributed by atoms with E-state index >= 15 is 0 Å². The van der Waals surface area contributed by atoms with Gasteiger partial charge in [-0.25, -0.2) is 4.39 Å². The highest BCUT2D eigenvalue weighted by atomic mass is 19.1. The zero-order chi connectivity index (χ0) is 14.4. The van der Waals surface area contributed by atoms with Gasteiger partial charge < -0.3 is 14.8 Å². The van der Waals surface area contributed by atoms with Crippen molar-refractivity contribution >= 4 is 0 Å². The van der Waals surface area contributed by atoms with Crippen molar-refractivity contribution in [3.63, 3.8) is 0 Å². The molecular formula is C16H24FNO2. The third-order valence-electron chi connectivity index (χ3n) is 3.49. The molecule has 2 rings (SSSR count). The molecule has 1 N–H and O–H groups in total. The summed E-state index contributed by atoms with van der Waals surface area (Å²) < 4.78 is 25.5. The summed E-state index contributed by atoms with van der Waals surface area (Å²) in [5.41, 5.74) is 0.632. The second-order valence-corrected chi connectivity index (χ2v) is 5.52.